The minimum atomic E-state index is -1.09. The molecule has 0 bridgehead atoms. The summed E-state index contributed by atoms with van der Waals surface area (Å²) >= 11 is 0. The van der Waals surface area contributed by atoms with Crippen LogP contribution in [0.25, 0.3) is 0 Å². The highest BCUT2D eigenvalue weighted by atomic mass is 16.6. The SMILES string of the molecule is C=NC(=O)N(CC(COC(C)=O)OC(C)=O)C(N)=O. The average Bonchev–Trinajstić information content (AvgIpc) is 2.30. The number of nitrogens with two attached hydrogens (primary N) is 1. The molecule has 2 N–H and O–H groups in total. The van der Waals surface area contributed by atoms with Gasteiger partial charge in [0.25, 0.3) is 0 Å². The number of imide groups is 1. The van der Waals surface area contributed by atoms with Crippen LogP contribution in [0, 0.1) is 0 Å². The topological polar surface area (TPSA) is 128 Å². The number of hydrogen-bond acceptors (Lipinski definition) is 6. The first-order chi connectivity index (χ1) is 8.77. The van der Waals surface area contributed by atoms with Crippen LogP contribution in [0.1, 0.15) is 13.8 Å². The van der Waals surface area contributed by atoms with Gasteiger partial charge < -0.3 is 15.2 Å². The van der Waals surface area contributed by atoms with E-state index in [9.17, 15) is 19.2 Å². The van der Waals surface area contributed by atoms with Crippen LogP contribution < -0.4 is 5.73 Å². The summed E-state index contributed by atoms with van der Waals surface area (Å²) in [6, 6.07) is -2.08. The highest BCUT2D eigenvalue weighted by Crippen LogP contribution is 2.02. The van der Waals surface area contributed by atoms with Crippen molar-refractivity contribution in [2.24, 2.45) is 10.7 Å². The number of aliphatic imine (C=N–C) groups is 1. The van der Waals surface area contributed by atoms with Gasteiger partial charge in [0.1, 0.15) is 6.61 Å². The van der Waals surface area contributed by atoms with Crippen LogP contribution in [-0.2, 0) is 19.1 Å². The minimum Gasteiger partial charge on any atom is -0.462 e. The van der Waals surface area contributed by atoms with Crippen LogP contribution in [0.5, 0.6) is 0 Å². The van der Waals surface area contributed by atoms with E-state index >= 15 is 0 Å². The molecule has 1 unspecified atom stereocenters. The number of carbonyl (C=O) groups excluding carboxylic acids is 4. The van der Waals surface area contributed by atoms with E-state index in [0.29, 0.717) is 4.90 Å². The lowest BCUT2D eigenvalue weighted by Gasteiger charge is -2.22. The van der Waals surface area contributed by atoms with E-state index in [1.54, 1.807) is 0 Å². The quantitative estimate of drug-likeness (QED) is 0.540. The molecule has 1 atom stereocenters. The Hall–Kier alpha value is -2.45. The molecule has 0 radical (unpaired) electrons. The van der Waals surface area contributed by atoms with Crippen molar-refractivity contribution in [1.82, 2.24) is 4.90 Å². The molecule has 0 fully saturated rings. The van der Waals surface area contributed by atoms with Gasteiger partial charge in [-0.3, -0.25) is 9.59 Å². The molecule has 0 aromatic heterocycles. The van der Waals surface area contributed by atoms with Gasteiger partial charge in [0, 0.05) is 13.8 Å². The molecule has 0 aromatic rings. The van der Waals surface area contributed by atoms with Crippen LogP contribution in [0.4, 0.5) is 9.59 Å². The Kier molecular flexibility index (Phi) is 6.79. The third kappa shape index (κ3) is 6.76. The van der Waals surface area contributed by atoms with E-state index in [1.807, 2.05) is 0 Å². The molecule has 0 aliphatic heterocycles. The molecular formula is C10H15N3O6. The number of primary amides is 1. The molecule has 4 amide bonds. The van der Waals surface area contributed by atoms with Crippen molar-refractivity contribution in [3.05, 3.63) is 0 Å². The molecule has 9 nitrogen and oxygen atoms in total. The van der Waals surface area contributed by atoms with Gasteiger partial charge in [-0.15, -0.1) is 0 Å². The standard InChI is InChI=1S/C10H15N3O6/c1-6(14)18-5-8(19-7(2)15)4-13(9(11)16)10(17)12-3/h8H,3-5H2,1-2H3,(H2,11,16). The monoisotopic (exact) mass is 273 g/mol. The Morgan fingerprint density at radius 1 is 1.26 bits per heavy atom. The smallest absolute Gasteiger partial charge is 0.351 e. The lowest BCUT2D eigenvalue weighted by molar-refractivity contribution is -0.156. The van der Waals surface area contributed by atoms with E-state index in [2.05, 4.69) is 16.4 Å². The highest BCUT2D eigenvalue weighted by molar-refractivity contribution is 5.94. The fourth-order valence-corrected chi connectivity index (χ4v) is 1.12. The van der Waals surface area contributed by atoms with Crippen molar-refractivity contribution in [2.75, 3.05) is 13.2 Å². The first kappa shape index (κ1) is 16.6. The van der Waals surface area contributed by atoms with Gasteiger partial charge in [-0.1, -0.05) is 0 Å². The predicted molar refractivity (Wildman–Crippen MR) is 63.4 cm³/mol. The highest BCUT2D eigenvalue weighted by Gasteiger charge is 2.25. The zero-order valence-corrected chi connectivity index (χ0v) is 10.6. The lowest BCUT2D eigenvalue weighted by atomic mass is 10.3. The molecular weight excluding hydrogens is 258 g/mol. The Bertz CT molecular complexity index is 395. The molecule has 0 aliphatic carbocycles. The molecule has 0 heterocycles. The van der Waals surface area contributed by atoms with Gasteiger partial charge in [0.2, 0.25) is 0 Å². The zero-order chi connectivity index (χ0) is 15.0. The molecule has 106 valence electrons. The number of ether oxygens (including phenoxy) is 2. The average molecular weight is 273 g/mol. The predicted octanol–water partition coefficient (Wildman–Crippen LogP) is -0.317. The van der Waals surface area contributed by atoms with Crippen LogP contribution in [0.15, 0.2) is 4.99 Å². The minimum absolute atomic E-state index is 0.316. The number of hydrogen-bond donors (Lipinski definition) is 1. The van der Waals surface area contributed by atoms with Gasteiger partial charge in [0.15, 0.2) is 6.10 Å². The van der Waals surface area contributed by atoms with Gasteiger partial charge in [-0.25, -0.2) is 19.5 Å². The third-order valence-corrected chi connectivity index (χ3v) is 1.82. The second-order valence-corrected chi connectivity index (χ2v) is 3.42. The van der Waals surface area contributed by atoms with Crippen molar-refractivity contribution >= 4 is 30.7 Å². The molecule has 0 aromatic carbocycles. The van der Waals surface area contributed by atoms with Crippen LogP contribution in [0.3, 0.4) is 0 Å². The van der Waals surface area contributed by atoms with E-state index in [1.165, 1.54) is 0 Å². The number of esters is 2. The largest absolute Gasteiger partial charge is 0.462 e. The second kappa shape index (κ2) is 7.80. The number of nitrogens with zero attached hydrogens (tertiary/aromatic N) is 2. The molecule has 0 aliphatic rings. The molecule has 9 heteroatoms. The molecule has 0 rings (SSSR count). The van der Waals surface area contributed by atoms with Crippen molar-refractivity contribution in [1.29, 1.82) is 0 Å². The van der Waals surface area contributed by atoms with Crippen molar-refractivity contribution in [3.63, 3.8) is 0 Å². The molecule has 0 saturated heterocycles. The van der Waals surface area contributed by atoms with Crippen LogP contribution in [-0.4, -0.2) is 54.9 Å². The molecule has 0 saturated carbocycles. The van der Waals surface area contributed by atoms with Crippen molar-refractivity contribution < 1.29 is 28.7 Å². The van der Waals surface area contributed by atoms with Gasteiger partial charge in [-0.2, -0.15) is 0 Å². The summed E-state index contributed by atoms with van der Waals surface area (Å²) in [5.41, 5.74) is 4.98. The summed E-state index contributed by atoms with van der Waals surface area (Å²) in [5.74, 6) is -1.27. The summed E-state index contributed by atoms with van der Waals surface area (Å²) in [6.07, 6.45) is -1.03. The van der Waals surface area contributed by atoms with Crippen LogP contribution >= 0.6 is 0 Å². The number of urea groups is 2. The Morgan fingerprint density at radius 2 is 1.84 bits per heavy atom. The zero-order valence-electron chi connectivity index (χ0n) is 10.6. The van der Waals surface area contributed by atoms with E-state index in [0.717, 1.165) is 13.8 Å². The molecule has 19 heavy (non-hydrogen) atoms. The lowest BCUT2D eigenvalue weighted by Crippen LogP contribution is -2.46. The first-order valence-corrected chi connectivity index (χ1v) is 5.16. The maximum atomic E-state index is 11.3. The van der Waals surface area contributed by atoms with Gasteiger partial charge >= 0.3 is 24.0 Å². The molecule has 0 spiro atoms. The van der Waals surface area contributed by atoms with E-state index in [-0.39, 0.29) is 13.2 Å². The van der Waals surface area contributed by atoms with Crippen molar-refractivity contribution in [2.45, 2.75) is 20.0 Å². The first-order valence-electron chi connectivity index (χ1n) is 5.16. The summed E-state index contributed by atoms with van der Waals surface area (Å²) < 4.78 is 9.44. The fraction of sp³-hybridized carbons (Fsp3) is 0.500. The third-order valence-electron chi connectivity index (χ3n) is 1.82. The normalized spacial score (nSPS) is 11.1. The summed E-state index contributed by atoms with van der Waals surface area (Å²) in [7, 11) is 0. The van der Waals surface area contributed by atoms with Gasteiger partial charge in [0.05, 0.1) is 6.54 Å². The second-order valence-electron chi connectivity index (χ2n) is 3.42. The van der Waals surface area contributed by atoms with Crippen molar-refractivity contribution in [3.8, 4) is 0 Å². The van der Waals surface area contributed by atoms with Crippen LogP contribution in [0.2, 0.25) is 0 Å². The number of rotatable bonds is 5. The fourth-order valence-electron chi connectivity index (χ4n) is 1.12. The Labute approximate surface area is 109 Å². The van der Waals surface area contributed by atoms with Gasteiger partial charge in [-0.05, 0) is 6.72 Å². The Morgan fingerprint density at radius 3 is 2.21 bits per heavy atom. The summed E-state index contributed by atoms with van der Waals surface area (Å²) in [4.78, 5) is 47.4. The van der Waals surface area contributed by atoms with E-state index < -0.39 is 30.1 Å². The maximum absolute atomic E-state index is 11.3. The number of amides is 4. The Balaban J connectivity index is 4.78. The maximum Gasteiger partial charge on any atom is 0.351 e. The summed E-state index contributed by atoms with van der Waals surface area (Å²) in [5, 5.41) is 0. The number of carbonyl (C=O) groups is 4. The van der Waals surface area contributed by atoms with E-state index in [4.69, 9.17) is 10.5 Å². The summed E-state index contributed by atoms with van der Waals surface area (Å²) in [6.45, 7) is 4.55.